The normalized spacial score (nSPS) is 19.7. The van der Waals surface area contributed by atoms with Crippen molar-refractivity contribution in [3.8, 4) is 17.1 Å². The zero-order valence-corrected chi connectivity index (χ0v) is 23.1. The Morgan fingerprint density at radius 2 is 1.89 bits per heavy atom. The molecule has 1 saturated heterocycles. The van der Waals surface area contributed by atoms with E-state index in [1.54, 1.807) is 7.11 Å². The van der Waals surface area contributed by atoms with Crippen molar-refractivity contribution >= 4 is 23.3 Å². The van der Waals surface area contributed by atoms with Gasteiger partial charge in [0.1, 0.15) is 11.6 Å². The zero-order chi connectivity index (χ0) is 26.8. The molecule has 2 aliphatic rings. The van der Waals surface area contributed by atoms with E-state index in [0.29, 0.717) is 60.6 Å². The third kappa shape index (κ3) is 5.22. The van der Waals surface area contributed by atoms with Crippen LogP contribution >= 0.6 is 11.6 Å². The Hall–Kier alpha value is -3.16. The fourth-order valence-electron chi connectivity index (χ4n) is 5.87. The highest BCUT2D eigenvalue weighted by molar-refractivity contribution is 6.33. The number of hydrogen-bond donors (Lipinski definition) is 2. The molecule has 1 fully saturated rings. The summed E-state index contributed by atoms with van der Waals surface area (Å²) in [6.45, 7) is 6.40. The SMILES string of the molecule is COc1cccc(Cl)c1-c1nc(C)c(CNC2c3ccccc3CCC2C)c(N2CCC(C(N)=O)CC2)n1. The van der Waals surface area contributed by atoms with Crippen molar-refractivity contribution in [1.29, 1.82) is 0 Å². The second-order valence-corrected chi connectivity index (χ2v) is 10.9. The predicted molar refractivity (Wildman–Crippen MR) is 151 cm³/mol. The number of benzene rings is 2. The molecule has 0 radical (unpaired) electrons. The number of primary amides is 1. The van der Waals surface area contributed by atoms with Crippen LogP contribution in [0.15, 0.2) is 42.5 Å². The van der Waals surface area contributed by atoms with E-state index < -0.39 is 0 Å². The lowest BCUT2D eigenvalue weighted by molar-refractivity contribution is -0.122. The molecule has 8 heteroatoms. The molecule has 5 rings (SSSR count). The average Bonchev–Trinajstić information content (AvgIpc) is 2.92. The van der Waals surface area contributed by atoms with Crippen LogP contribution in [0.1, 0.15) is 54.6 Å². The Morgan fingerprint density at radius 1 is 1.13 bits per heavy atom. The number of aromatic nitrogens is 2. The number of nitrogens with two attached hydrogens (primary N) is 1. The summed E-state index contributed by atoms with van der Waals surface area (Å²) in [4.78, 5) is 24.1. The van der Waals surface area contributed by atoms with E-state index >= 15 is 0 Å². The topological polar surface area (TPSA) is 93.4 Å². The van der Waals surface area contributed by atoms with Crippen molar-refractivity contribution in [2.45, 2.75) is 52.1 Å². The number of aryl methyl sites for hydroxylation is 2. The Morgan fingerprint density at radius 3 is 2.63 bits per heavy atom. The summed E-state index contributed by atoms with van der Waals surface area (Å²) >= 11 is 6.62. The first-order chi connectivity index (χ1) is 18.4. The first-order valence-electron chi connectivity index (χ1n) is 13.4. The van der Waals surface area contributed by atoms with Gasteiger partial charge in [-0.05, 0) is 61.8 Å². The van der Waals surface area contributed by atoms with Crippen molar-refractivity contribution in [1.82, 2.24) is 15.3 Å². The lowest BCUT2D eigenvalue weighted by Gasteiger charge is -2.35. The van der Waals surface area contributed by atoms with Crippen LogP contribution in [-0.4, -0.2) is 36.1 Å². The van der Waals surface area contributed by atoms with Crippen LogP contribution in [0, 0.1) is 18.8 Å². The van der Waals surface area contributed by atoms with Crippen LogP contribution in [0.2, 0.25) is 5.02 Å². The van der Waals surface area contributed by atoms with Crippen LogP contribution in [-0.2, 0) is 17.8 Å². The number of hydrogen-bond acceptors (Lipinski definition) is 6. The van der Waals surface area contributed by atoms with Gasteiger partial charge in [-0.2, -0.15) is 0 Å². The van der Waals surface area contributed by atoms with Gasteiger partial charge in [0.2, 0.25) is 5.91 Å². The number of methoxy groups -OCH3 is 1. The number of nitrogens with zero attached hydrogens (tertiary/aromatic N) is 3. The number of carbonyl (C=O) groups is 1. The summed E-state index contributed by atoms with van der Waals surface area (Å²) in [6.07, 6.45) is 3.70. The molecule has 0 bridgehead atoms. The summed E-state index contributed by atoms with van der Waals surface area (Å²) in [7, 11) is 1.62. The van der Waals surface area contributed by atoms with Gasteiger partial charge in [-0.15, -0.1) is 0 Å². The number of halogens is 1. The van der Waals surface area contributed by atoms with E-state index in [1.165, 1.54) is 11.1 Å². The van der Waals surface area contributed by atoms with E-state index in [0.717, 1.165) is 29.9 Å². The Kier molecular flexibility index (Phi) is 7.86. The second-order valence-electron chi connectivity index (χ2n) is 10.5. The third-order valence-corrected chi connectivity index (χ3v) is 8.45. The Balaban J connectivity index is 1.52. The van der Waals surface area contributed by atoms with Crippen LogP contribution in [0.4, 0.5) is 5.82 Å². The predicted octanol–water partition coefficient (Wildman–Crippen LogP) is 5.23. The molecule has 2 aromatic carbocycles. The van der Waals surface area contributed by atoms with Crippen molar-refractivity contribution in [2.75, 3.05) is 25.1 Å². The highest BCUT2D eigenvalue weighted by atomic mass is 35.5. The molecule has 38 heavy (non-hydrogen) atoms. The van der Waals surface area contributed by atoms with Gasteiger partial charge in [0.25, 0.3) is 0 Å². The molecule has 1 aromatic heterocycles. The van der Waals surface area contributed by atoms with Gasteiger partial charge in [0.05, 0.1) is 17.7 Å². The second kappa shape index (κ2) is 11.3. The molecular weight excluding hydrogens is 498 g/mol. The largest absolute Gasteiger partial charge is 0.496 e. The van der Waals surface area contributed by atoms with Gasteiger partial charge in [0.15, 0.2) is 5.82 Å². The number of amides is 1. The van der Waals surface area contributed by atoms with E-state index in [9.17, 15) is 4.79 Å². The number of carbonyl (C=O) groups excluding carboxylic acids is 1. The summed E-state index contributed by atoms with van der Waals surface area (Å²) in [5.41, 5.74) is 11.1. The van der Waals surface area contributed by atoms with Crippen LogP contribution in [0.3, 0.4) is 0 Å². The van der Waals surface area contributed by atoms with Gasteiger partial charge in [-0.25, -0.2) is 9.97 Å². The summed E-state index contributed by atoms with van der Waals surface area (Å²) in [5.74, 6) is 2.25. The molecule has 1 aliphatic carbocycles. The Labute approximate surface area is 229 Å². The molecule has 0 spiro atoms. The fourth-order valence-corrected chi connectivity index (χ4v) is 6.12. The van der Waals surface area contributed by atoms with Gasteiger partial charge < -0.3 is 20.7 Å². The van der Waals surface area contributed by atoms with Gasteiger partial charge >= 0.3 is 0 Å². The number of ether oxygens (including phenoxy) is 1. The number of anilines is 1. The smallest absolute Gasteiger partial charge is 0.220 e. The minimum absolute atomic E-state index is 0.0986. The monoisotopic (exact) mass is 533 g/mol. The maximum atomic E-state index is 11.8. The molecular formula is C30H36ClN5O2. The number of piperidine rings is 1. The molecule has 7 nitrogen and oxygen atoms in total. The van der Waals surface area contributed by atoms with Crippen molar-refractivity contribution < 1.29 is 9.53 Å². The molecule has 3 aromatic rings. The van der Waals surface area contributed by atoms with E-state index in [-0.39, 0.29) is 17.9 Å². The van der Waals surface area contributed by atoms with Gasteiger partial charge in [-0.3, -0.25) is 4.79 Å². The molecule has 1 amide bonds. The summed E-state index contributed by atoms with van der Waals surface area (Å²) in [6, 6.07) is 14.5. The van der Waals surface area contributed by atoms with Crippen LogP contribution in [0.5, 0.6) is 5.75 Å². The molecule has 2 unspecified atom stereocenters. The van der Waals surface area contributed by atoms with Gasteiger partial charge in [-0.1, -0.05) is 48.9 Å². The lowest BCUT2D eigenvalue weighted by Crippen LogP contribution is -2.40. The van der Waals surface area contributed by atoms with E-state index in [2.05, 4.69) is 41.4 Å². The molecule has 200 valence electrons. The van der Waals surface area contributed by atoms with E-state index in [4.69, 9.17) is 32.0 Å². The van der Waals surface area contributed by atoms with Crippen LogP contribution in [0.25, 0.3) is 11.4 Å². The zero-order valence-electron chi connectivity index (χ0n) is 22.3. The maximum Gasteiger partial charge on any atom is 0.220 e. The highest BCUT2D eigenvalue weighted by Crippen LogP contribution is 2.38. The quantitative estimate of drug-likeness (QED) is 0.432. The third-order valence-electron chi connectivity index (χ3n) is 8.13. The first kappa shape index (κ1) is 26.4. The number of nitrogens with one attached hydrogen (secondary N) is 1. The van der Waals surface area contributed by atoms with E-state index in [1.807, 2.05) is 25.1 Å². The number of rotatable bonds is 7. The summed E-state index contributed by atoms with van der Waals surface area (Å²) in [5, 5.41) is 4.40. The molecule has 3 N–H and O–H groups in total. The lowest BCUT2D eigenvalue weighted by atomic mass is 9.80. The van der Waals surface area contributed by atoms with Gasteiger partial charge in [0, 0.05) is 42.9 Å². The molecule has 0 saturated carbocycles. The minimum atomic E-state index is -0.225. The standard InChI is InChI=1S/C30H36ClN5O2/c1-18-11-12-20-7-4-5-8-22(20)27(18)33-17-23-19(2)34-29(26-24(31)9-6-10-25(26)38-3)35-30(23)36-15-13-21(14-16-36)28(32)37/h4-10,18,21,27,33H,11-17H2,1-3H3,(H2,32,37). The fraction of sp³-hybridized carbons (Fsp3) is 0.433. The molecule has 1 aliphatic heterocycles. The van der Waals surface area contributed by atoms with Crippen molar-refractivity contribution in [3.63, 3.8) is 0 Å². The number of fused-ring (bicyclic) bond motifs is 1. The van der Waals surface area contributed by atoms with Crippen molar-refractivity contribution in [2.24, 2.45) is 17.6 Å². The van der Waals surface area contributed by atoms with Crippen molar-refractivity contribution in [3.05, 3.63) is 69.9 Å². The average molecular weight is 534 g/mol. The molecule has 2 atom stereocenters. The highest BCUT2D eigenvalue weighted by Gasteiger charge is 2.30. The maximum absolute atomic E-state index is 11.8. The summed E-state index contributed by atoms with van der Waals surface area (Å²) < 4.78 is 5.61. The Bertz CT molecular complexity index is 1320. The van der Waals surface area contributed by atoms with Crippen LogP contribution < -0.4 is 20.7 Å². The first-order valence-corrected chi connectivity index (χ1v) is 13.8. The molecule has 2 heterocycles. The minimum Gasteiger partial charge on any atom is -0.496 e.